The molecule has 0 spiro atoms. The first kappa shape index (κ1) is 19.7. The third-order valence-electron chi connectivity index (χ3n) is 5.82. The standard InChI is InChI=1S/C21H28N6O2/c1-15-7-8-18-16(13-15)14-17(21(28)22-18)19(26-9-5-3-4-6-10-26)20-23-24-25-27(20)11-12-29-2/h7-8,13-14,19H,3-6,9-12H2,1-2H3,(H,22,28)/p+1/t19-/m0/s1. The van der Waals surface area contributed by atoms with E-state index < -0.39 is 0 Å². The lowest BCUT2D eigenvalue weighted by molar-refractivity contribution is -0.925. The third-order valence-corrected chi connectivity index (χ3v) is 5.82. The van der Waals surface area contributed by atoms with E-state index in [1.165, 1.54) is 23.3 Å². The number of nitrogens with zero attached hydrogens (tertiary/aromatic N) is 4. The van der Waals surface area contributed by atoms with E-state index in [9.17, 15) is 4.79 Å². The molecule has 0 radical (unpaired) electrons. The second-order valence-electron chi connectivity index (χ2n) is 7.90. The Kier molecular flexibility index (Phi) is 6.01. The molecule has 1 fully saturated rings. The van der Waals surface area contributed by atoms with Crippen molar-refractivity contribution < 1.29 is 9.64 Å². The first-order valence-electron chi connectivity index (χ1n) is 10.4. The van der Waals surface area contributed by atoms with Crippen molar-refractivity contribution in [1.82, 2.24) is 25.2 Å². The van der Waals surface area contributed by atoms with Gasteiger partial charge in [0.2, 0.25) is 5.82 Å². The molecule has 0 amide bonds. The SMILES string of the molecule is COCCn1nnnc1[C@H](c1cc2cc(C)ccc2[nH]c1=O)[NH+]1CCCCCC1. The summed E-state index contributed by atoms with van der Waals surface area (Å²) < 4.78 is 7.01. The number of nitrogens with one attached hydrogen (secondary N) is 2. The van der Waals surface area contributed by atoms with Crippen LogP contribution in [-0.4, -0.2) is 52.0 Å². The third kappa shape index (κ3) is 4.23. The number of aromatic amines is 1. The zero-order valence-corrected chi connectivity index (χ0v) is 17.1. The van der Waals surface area contributed by atoms with Crippen LogP contribution in [0.5, 0.6) is 0 Å². The zero-order chi connectivity index (χ0) is 20.2. The number of aromatic nitrogens is 5. The molecule has 4 rings (SSSR count). The molecule has 0 saturated carbocycles. The highest BCUT2D eigenvalue weighted by Gasteiger charge is 2.34. The predicted molar refractivity (Wildman–Crippen MR) is 110 cm³/mol. The molecular weight excluding hydrogens is 368 g/mol. The first-order valence-corrected chi connectivity index (χ1v) is 10.4. The zero-order valence-electron chi connectivity index (χ0n) is 17.1. The van der Waals surface area contributed by atoms with Crippen LogP contribution < -0.4 is 10.5 Å². The van der Waals surface area contributed by atoms with Crippen LogP contribution in [0.25, 0.3) is 10.9 Å². The average molecular weight is 398 g/mol. The Morgan fingerprint density at radius 3 is 2.76 bits per heavy atom. The summed E-state index contributed by atoms with van der Waals surface area (Å²) in [6.07, 6.45) is 4.77. The number of benzene rings is 1. The summed E-state index contributed by atoms with van der Waals surface area (Å²) in [5, 5.41) is 13.5. The number of hydrogen-bond donors (Lipinski definition) is 2. The van der Waals surface area contributed by atoms with E-state index in [1.807, 2.05) is 18.2 Å². The Bertz CT molecular complexity index is 1020. The van der Waals surface area contributed by atoms with Crippen LogP contribution in [-0.2, 0) is 11.3 Å². The summed E-state index contributed by atoms with van der Waals surface area (Å²) in [7, 11) is 1.66. The van der Waals surface area contributed by atoms with Crippen LogP contribution in [0.15, 0.2) is 29.1 Å². The van der Waals surface area contributed by atoms with Crippen molar-refractivity contribution in [1.29, 1.82) is 0 Å². The van der Waals surface area contributed by atoms with Gasteiger partial charge in [0.15, 0.2) is 6.04 Å². The van der Waals surface area contributed by atoms with Crippen LogP contribution in [0.3, 0.4) is 0 Å². The van der Waals surface area contributed by atoms with Gasteiger partial charge in [-0.3, -0.25) is 4.79 Å². The summed E-state index contributed by atoms with van der Waals surface area (Å²) in [5.74, 6) is 0.733. The number of pyridine rings is 1. The Morgan fingerprint density at radius 2 is 2.00 bits per heavy atom. The van der Waals surface area contributed by atoms with Crippen LogP contribution in [0.4, 0.5) is 0 Å². The van der Waals surface area contributed by atoms with Gasteiger partial charge in [-0.1, -0.05) is 11.6 Å². The number of aryl methyl sites for hydroxylation is 1. The molecule has 2 aromatic heterocycles. The molecular formula is C21H29N6O2+. The smallest absolute Gasteiger partial charge is 0.258 e. The number of tetrazole rings is 1. The van der Waals surface area contributed by atoms with Crippen molar-refractivity contribution in [2.75, 3.05) is 26.8 Å². The van der Waals surface area contributed by atoms with Gasteiger partial charge in [0, 0.05) is 12.6 Å². The summed E-state index contributed by atoms with van der Waals surface area (Å²) in [4.78, 5) is 17.6. The van der Waals surface area contributed by atoms with E-state index in [0.717, 1.165) is 48.2 Å². The highest BCUT2D eigenvalue weighted by Crippen LogP contribution is 2.20. The number of fused-ring (bicyclic) bond motifs is 1. The number of ether oxygens (including phenoxy) is 1. The molecule has 3 heterocycles. The lowest BCUT2D eigenvalue weighted by Crippen LogP contribution is -3.12. The van der Waals surface area contributed by atoms with Gasteiger partial charge >= 0.3 is 0 Å². The summed E-state index contributed by atoms with van der Waals surface area (Å²) >= 11 is 0. The molecule has 1 aromatic carbocycles. The van der Waals surface area contributed by atoms with Gasteiger partial charge in [0.25, 0.3) is 5.56 Å². The Labute approximate surface area is 169 Å². The van der Waals surface area contributed by atoms with E-state index in [2.05, 4.69) is 33.5 Å². The van der Waals surface area contributed by atoms with E-state index in [1.54, 1.807) is 11.8 Å². The second-order valence-corrected chi connectivity index (χ2v) is 7.90. The number of quaternary nitrogens is 1. The topological polar surface area (TPSA) is 90.1 Å². The molecule has 1 aliphatic heterocycles. The minimum absolute atomic E-state index is 0.0654. The molecule has 29 heavy (non-hydrogen) atoms. The molecule has 1 aliphatic rings. The normalized spacial score (nSPS) is 16.8. The van der Waals surface area contributed by atoms with Gasteiger partial charge in [0.1, 0.15) is 0 Å². The van der Waals surface area contributed by atoms with Crippen molar-refractivity contribution in [3.63, 3.8) is 0 Å². The van der Waals surface area contributed by atoms with Gasteiger partial charge in [-0.25, -0.2) is 4.68 Å². The Morgan fingerprint density at radius 1 is 1.21 bits per heavy atom. The number of hydrogen-bond acceptors (Lipinski definition) is 5. The van der Waals surface area contributed by atoms with Crippen molar-refractivity contribution in [2.45, 2.75) is 45.2 Å². The summed E-state index contributed by atoms with van der Waals surface area (Å²) in [6.45, 7) is 5.16. The van der Waals surface area contributed by atoms with Crippen LogP contribution in [0.1, 0.15) is 48.7 Å². The van der Waals surface area contributed by atoms with Crippen molar-refractivity contribution in [3.8, 4) is 0 Å². The van der Waals surface area contributed by atoms with Gasteiger partial charge in [-0.15, -0.1) is 5.10 Å². The minimum atomic E-state index is -0.200. The molecule has 2 N–H and O–H groups in total. The van der Waals surface area contributed by atoms with Crippen LogP contribution in [0, 0.1) is 6.92 Å². The van der Waals surface area contributed by atoms with Crippen molar-refractivity contribution in [3.05, 3.63) is 51.6 Å². The molecule has 8 nitrogen and oxygen atoms in total. The quantitative estimate of drug-likeness (QED) is 0.648. The molecule has 0 unspecified atom stereocenters. The maximum atomic E-state index is 13.1. The van der Waals surface area contributed by atoms with Crippen molar-refractivity contribution in [2.24, 2.45) is 0 Å². The lowest BCUT2D eigenvalue weighted by Gasteiger charge is -2.26. The molecule has 8 heteroatoms. The number of rotatable bonds is 6. The summed E-state index contributed by atoms with van der Waals surface area (Å²) in [6, 6.07) is 7.91. The molecule has 3 aromatic rings. The molecule has 0 bridgehead atoms. The minimum Gasteiger partial charge on any atom is -0.383 e. The van der Waals surface area contributed by atoms with Crippen LogP contribution >= 0.6 is 0 Å². The van der Waals surface area contributed by atoms with Gasteiger partial charge in [0.05, 0.1) is 31.8 Å². The van der Waals surface area contributed by atoms with Crippen molar-refractivity contribution >= 4 is 10.9 Å². The van der Waals surface area contributed by atoms with Gasteiger partial charge in [-0.05, 0) is 66.6 Å². The van der Waals surface area contributed by atoms with Gasteiger partial charge < -0.3 is 14.6 Å². The van der Waals surface area contributed by atoms with Crippen LogP contribution in [0.2, 0.25) is 0 Å². The van der Waals surface area contributed by atoms with E-state index in [-0.39, 0.29) is 11.6 Å². The Balaban J connectivity index is 1.84. The van der Waals surface area contributed by atoms with Gasteiger partial charge in [-0.2, -0.15) is 0 Å². The maximum absolute atomic E-state index is 13.1. The van der Waals surface area contributed by atoms with E-state index >= 15 is 0 Å². The Hall–Kier alpha value is -2.58. The summed E-state index contributed by atoms with van der Waals surface area (Å²) in [5.41, 5.74) is 2.69. The molecule has 1 saturated heterocycles. The van der Waals surface area contributed by atoms with E-state index in [0.29, 0.717) is 13.2 Å². The first-order chi connectivity index (χ1) is 14.2. The lowest BCUT2D eigenvalue weighted by atomic mass is 10.0. The average Bonchev–Trinajstić information content (AvgIpc) is 3.00. The molecule has 0 aliphatic carbocycles. The number of likely N-dealkylation sites (tertiary alicyclic amines) is 1. The highest BCUT2D eigenvalue weighted by molar-refractivity contribution is 5.79. The monoisotopic (exact) mass is 397 g/mol. The number of methoxy groups -OCH3 is 1. The predicted octanol–water partition coefficient (Wildman–Crippen LogP) is 1.02. The second kappa shape index (κ2) is 8.84. The fourth-order valence-electron chi connectivity index (χ4n) is 4.33. The van der Waals surface area contributed by atoms with E-state index in [4.69, 9.17) is 4.74 Å². The molecule has 154 valence electrons. The highest BCUT2D eigenvalue weighted by atomic mass is 16.5. The maximum Gasteiger partial charge on any atom is 0.258 e. The fraction of sp³-hybridized carbons (Fsp3) is 0.524. The largest absolute Gasteiger partial charge is 0.383 e. The number of H-pyrrole nitrogens is 1. The fourth-order valence-corrected chi connectivity index (χ4v) is 4.33. The molecule has 1 atom stereocenters.